The molecule has 2 aliphatic carbocycles. The first kappa shape index (κ1) is 57.2. The van der Waals surface area contributed by atoms with Crippen molar-refractivity contribution in [3.63, 3.8) is 0 Å². The molecule has 0 unspecified atom stereocenters. The van der Waals surface area contributed by atoms with Crippen LogP contribution in [-0.4, -0.2) is 19.9 Å². The summed E-state index contributed by atoms with van der Waals surface area (Å²) in [6, 6.07) is 110. The predicted molar refractivity (Wildman–Crippen MR) is 419 cm³/mol. The third-order valence-electron chi connectivity index (χ3n) is 21.6. The zero-order valence-electron chi connectivity index (χ0n) is 55.1. The van der Waals surface area contributed by atoms with Crippen molar-refractivity contribution in [1.29, 1.82) is 0 Å². The van der Waals surface area contributed by atoms with E-state index in [4.69, 9.17) is 19.9 Å². The fraction of sp³-hybridized carbons (Fsp3) is 0.0638. The molecule has 0 atom stereocenters. The molecule has 0 radical (unpaired) electrons. The van der Waals surface area contributed by atoms with E-state index in [0.29, 0.717) is 0 Å². The molecule has 0 N–H and O–H groups in total. The van der Waals surface area contributed by atoms with Crippen LogP contribution < -0.4 is 0 Å². The Balaban J connectivity index is 0.000000134. The van der Waals surface area contributed by atoms with Crippen LogP contribution >= 0.6 is 11.3 Å². The van der Waals surface area contributed by atoms with Crippen LogP contribution in [-0.2, 0) is 10.8 Å². The van der Waals surface area contributed by atoms with Crippen LogP contribution in [0.2, 0.25) is 0 Å². The normalized spacial score (nSPS) is 13.4. The van der Waals surface area contributed by atoms with Crippen LogP contribution in [0, 0.1) is 0 Å². The third-order valence-corrected chi connectivity index (χ3v) is 22.8. The lowest BCUT2D eigenvalue weighted by Gasteiger charge is -2.23. The summed E-state index contributed by atoms with van der Waals surface area (Å²) in [4.78, 5) is 21.0. The van der Waals surface area contributed by atoms with E-state index in [1.165, 1.54) is 140 Å². The zero-order chi connectivity index (χ0) is 65.8. The Bertz CT molecular complexity index is 6660. The first-order chi connectivity index (χ1) is 48.6. The summed E-state index contributed by atoms with van der Waals surface area (Å²) in [5, 5.41) is 17.9. The van der Waals surface area contributed by atoms with Gasteiger partial charge < -0.3 is 0 Å². The quantitative estimate of drug-likeness (QED) is 0.161. The van der Waals surface area contributed by atoms with Crippen molar-refractivity contribution in [3.8, 4) is 78.4 Å². The van der Waals surface area contributed by atoms with E-state index < -0.39 is 0 Å². The first-order valence-corrected chi connectivity index (χ1v) is 35.1. The van der Waals surface area contributed by atoms with E-state index >= 15 is 0 Å². The molecule has 0 saturated heterocycles. The van der Waals surface area contributed by atoms with Gasteiger partial charge in [0, 0.05) is 53.3 Å². The van der Waals surface area contributed by atoms with Crippen molar-refractivity contribution in [1.82, 2.24) is 19.9 Å². The average molecular weight is 1280 g/mol. The maximum absolute atomic E-state index is 5.28. The van der Waals surface area contributed by atoms with Gasteiger partial charge in [0.05, 0.1) is 44.8 Å². The van der Waals surface area contributed by atoms with E-state index in [-0.39, 0.29) is 10.8 Å². The SMILES string of the molecule is CC1(C)c2ccccc2-c2ccc3c(ccc4ccc5cc(-c6nc7ccccc7nc6-c6ccc(-c7ccccc7)cc6)ccc5c43)c21.CC1(C)c2ccccc2-c2ccc3c(ccc4ccc5cc(-c6nc7ccccc7nc6-c6ccc7c(c6)sc6ccccc67)ccc5c43)c21. The monoisotopic (exact) mass is 1280 g/mol. The second kappa shape index (κ2) is 21.7. The molecule has 0 bridgehead atoms. The highest BCUT2D eigenvalue weighted by molar-refractivity contribution is 7.25. The molecule has 21 rings (SSSR count). The Hall–Kier alpha value is -12.0. The summed E-state index contributed by atoms with van der Waals surface area (Å²) in [5.74, 6) is 0. The largest absolute Gasteiger partial charge is 0.244 e. The van der Waals surface area contributed by atoms with Crippen molar-refractivity contribution in [2.75, 3.05) is 0 Å². The number of para-hydroxylation sites is 4. The summed E-state index contributed by atoms with van der Waals surface area (Å²) in [6.07, 6.45) is 0. The molecule has 2 aliphatic rings. The molecule has 464 valence electrons. The van der Waals surface area contributed by atoms with Gasteiger partial charge in [0.25, 0.3) is 0 Å². The Labute approximate surface area is 576 Å². The highest BCUT2D eigenvalue weighted by Crippen LogP contribution is 2.54. The van der Waals surface area contributed by atoms with Gasteiger partial charge in [-0.3, -0.25) is 0 Å². The highest BCUT2D eigenvalue weighted by atomic mass is 32.1. The fourth-order valence-electron chi connectivity index (χ4n) is 17.0. The zero-order valence-corrected chi connectivity index (χ0v) is 55.9. The summed E-state index contributed by atoms with van der Waals surface area (Å²) < 4.78 is 2.57. The number of thiophene rings is 1. The molecule has 16 aromatic carbocycles. The van der Waals surface area contributed by atoms with Crippen molar-refractivity contribution in [3.05, 3.63) is 326 Å². The van der Waals surface area contributed by atoms with Crippen LogP contribution in [0.3, 0.4) is 0 Å². The molecule has 0 amide bonds. The van der Waals surface area contributed by atoms with Gasteiger partial charge in [-0.15, -0.1) is 11.3 Å². The van der Waals surface area contributed by atoms with Gasteiger partial charge in [-0.1, -0.05) is 282 Å². The number of nitrogens with zero attached hydrogens (tertiary/aromatic N) is 4. The standard InChI is InChI=1S/C47H30N2S.C47H32N2/c1-47(2)38-11-5-3-9-32(38)36-24-23-35-37(44(36)47)22-17-27-15-16-28-25-29(18-20-31(28)43(27)35)45-46(49-40-13-7-6-12-39(40)48-45)30-19-21-34-33-10-4-8-14-41(33)50-42(34)26-30;1-47(2)40-13-7-6-12-36(40)38-27-26-37-39(44(38)47)25-22-31-18-21-33-28-34(23-24-35(33)43(31)37)46-45(48-41-14-8-9-15-42(41)49-46)32-19-16-30(17-20-32)29-10-4-3-5-11-29/h3-26H,1-2H3;3-28H,1-2H3. The molecule has 3 aromatic heterocycles. The lowest BCUT2D eigenvalue weighted by atomic mass is 9.79. The molecule has 99 heavy (non-hydrogen) atoms. The molecule has 4 nitrogen and oxygen atoms in total. The highest BCUT2D eigenvalue weighted by Gasteiger charge is 2.38. The lowest BCUT2D eigenvalue weighted by molar-refractivity contribution is 0.666. The van der Waals surface area contributed by atoms with E-state index in [2.05, 4.69) is 295 Å². The smallest absolute Gasteiger partial charge is 0.0973 e. The minimum Gasteiger partial charge on any atom is -0.244 e. The van der Waals surface area contributed by atoms with Crippen LogP contribution in [0.1, 0.15) is 49.9 Å². The van der Waals surface area contributed by atoms with Gasteiger partial charge in [-0.05, 0) is 169 Å². The van der Waals surface area contributed by atoms with E-state index in [0.717, 1.165) is 67.1 Å². The number of hydrogen-bond acceptors (Lipinski definition) is 5. The van der Waals surface area contributed by atoms with Crippen LogP contribution in [0.5, 0.6) is 0 Å². The van der Waals surface area contributed by atoms with Gasteiger partial charge in [0.2, 0.25) is 0 Å². The number of fused-ring (bicyclic) bond motifs is 23. The second-order valence-corrected chi connectivity index (χ2v) is 29.0. The molecule has 0 spiro atoms. The van der Waals surface area contributed by atoms with Gasteiger partial charge in [-0.25, -0.2) is 19.9 Å². The van der Waals surface area contributed by atoms with Crippen molar-refractivity contribution >= 4 is 118 Å². The minimum atomic E-state index is -0.0686. The maximum Gasteiger partial charge on any atom is 0.0973 e. The summed E-state index contributed by atoms with van der Waals surface area (Å²) in [6.45, 7) is 9.48. The maximum atomic E-state index is 5.28. The van der Waals surface area contributed by atoms with Crippen molar-refractivity contribution in [2.24, 2.45) is 0 Å². The van der Waals surface area contributed by atoms with E-state index in [9.17, 15) is 0 Å². The first-order valence-electron chi connectivity index (χ1n) is 34.2. The molecule has 19 aromatic rings. The molecule has 0 saturated carbocycles. The lowest BCUT2D eigenvalue weighted by Crippen LogP contribution is -2.15. The van der Waals surface area contributed by atoms with Crippen LogP contribution in [0.4, 0.5) is 0 Å². The van der Waals surface area contributed by atoms with E-state index in [1.54, 1.807) is 0 Å². The molecular formula is C94H62N4S. The van der Waals surface area contributed by atoms with Crippen molar-refractivity contribution < 1.29 is 0 Å². The second-order valence-electron chi connectivity index (χ2n) is 27.9. The van der Waals surface area contributed by atoms with Gasteiger partial charge >= 0.3 is 0 Å². The topological polar surface area (TPSA) is 51.6 Å². The number of hydrogen-bond donors (Lipinski definition) is 0. The van der Waals surface area contributed by atoms with Gasteiger partial charge in [0.15, 0.2) is 0 Å². The Morgan fingerprint density at radius 2 is 0.586 bits per heavy atom. The Morgan fingerprint density at radius 3 is 1.10 bits per heavy atom. The fourth-order valence-corrected chi connectivity index (χ4v) is 18.1. The number of benzene rings is 16. The van der Waals surface area contributed by atoms with Crippen LogP contribution in [0.15, 0.2) is 303 Å². The number of rotatable bonds is 5. The molecule has 0 aliphatic heterocycles. The summed E-state index contributed by atoms with van der Waals surface area (Å²) in [7, 11) is 0. The molecule has 5 heteroatoms. The Morgan fingerprint density at radius 1 is 0.232 bits per heavy atom. The summed E-state index contributed by atoms with van der Waals surface area (Å²) >= 11 is 1.84. The average Bonchev–Trinajstić information content (AvgIpc) is 1.59. The third kappa shape index (κ3) is 8.84. The Kier molecular flexibility index (Phi) is 12.6. The van der Waals surface area contributed by atoms with Crippen molar-refractivity contribution in [2.45, 2.75) is 38.5 Å². The molecule has 0 fully saturated rings. The van der Waals surface area contributed by atoms with Gasteiger partial charge in [-0.2, -0.15) is 0 Å². The van der Waals surface area contributed by atoms with Crippen LogP contribution in [0.25, 0.3) is 185 Å². The minimum absolute atomic E-state index is 0.0681. The number of aromatic nitrogens is 4. The molecular weight excluding hydrogens is 1220 g/mol. The van der Waals surface area contributed by atoms with Gasteiger partial charge in [0.1, 0.15) is 0 Å². The van der Waals surface area contributed by atoms with E-state index in [1.807, 2.05) is 47.7 Å². The summed E-state index contributed by atoms with van der Waals surface area (Å²) in [5.41, 5.74) is 24.8. The predicted octanol–water partition coefficient (Wildman–Crippen LogP) is 25.5. The molecule has 3 heterocycles.